The first kappa shape index (κ1) is 28.8. The third-order valence-electron chi connectivity index (χ3n) is 6.40. The van der Waals surface area contributed by atoms with E-state index in [1.165, 1.54) is 26.1 Å². The summed E-state index contributed by atoms with van der Waals surface area (Å²) < 4.78 is 50.5. The molecule has 0 N–H and O–H groups in total. The number of aryl methyl sites for hydroxylation is 1. The smallest absolute Gasteiger partial charge is 0.416 e. The number of aromatic nitrogens is 6. The van der Waals surface area contributed by atoms with Gasteiger partial charge in [0.2, 0.25) is 0 Å². The minimum Gasteiger partial charge on any atom is -0.464 e. The van der Waals surface area contributed by atoms with E-state index in [1.807, 2.05) is 13.8 Å². The summed E-state index contributed by atoms with van der Waals surface area (Å²) in [5.74, 6) is -0.0407. The SMILES string of the molecule is CCCC(=O)OCCn1c(-c2cnn(Cc3cccc(C(F)(F)F)c3)c2)nc2c1c(=O)n(CCC)c(=O)n2CC. The van der Waals surface area contributed by atoms with Gasteiger partial charge in [-0.15, -0.1) is 0 Å². The molecule has 0 saturated heterocycles. The van der Waals surface area contributed by atoms with Gasteiger partial charge < -0.3 is 9.30 Å². The van der Waals surface area contributed by atoms with E-state index in [0.717, 1.165) is 12.1 Å². The number of hydrogen-bond acceptors (Lipinski definition) is 6. The van der Waals surface area contributed by atoms with Crippen molar-refractivity contribution in [2.45, 2.75) is 72.4 Å². The second-order valence-corrected chi connectivity index (χ2v) is 9.34. The molecule has 0 saturated carbocycles. The lowest BCUT2D eigenvalue weighted by Crippen LogP contribution is -2.40. The molecule has 0 fully saturated rings. The summed E-state index contributed by atoms with van der Waals surface area (Å²) in [7, 11) is 0. The fraction of sp³-hybridized carbons (Fsp3) is 0.444. The Hall–Kier alpha value is -4.16. The largest absolute Gasteiger partial charge is 0.464 e. The van der Waals surface area contributed by atoms with Crippen molar-refractivity contribution in [3.05, 3.63) is 68.6 Å². The van der Waals surface area contributed by atoms with Crippen LogP contribution < -0.4 is 11.2 Å². The quantitative estimate of drug-likeness (QED) is 0.256. The summed E-state index contributed by atoms with van der Waals surface area (Å²) in [5.41, 5.74) is -0.429. The van der Waals surface area contributed by atoms with Crippen molar-refractivity contribution in [1.82, 2.24) is 28.5 Å². The highest BCUT2D eigenvalue weighted by Crippen LogP contribution is 2.30. The van der Waals surface area contributed by atoms with Crippen LogP contribution in [0.3, 0.4) is 0 Å². The molecule has 0 bridgehead atoms. The van der Waals surface area contributed by atoms with Gasteiger partial charge in [-0.25, -0.2) is 9.78 Å². The molecule has 0 aliphatic heterocycles. The fourth-order valence-electron chi connectivity index (χ4n) is 4.56. The van der Waals surface area contributed by atoms with Gasteiger partial charge in [-0.3, -0.25) is 23.4 Å². The van der Waals surface area contributed by atoms with E-state index in [4.69, 9.17) is 4.74 Å². The van der Waals surface area contributed by atoms with Crippen LogP contribution in [-0.2, 0) is 41.9 Å². The molecule has 4 aromatic rings. The number of ether oxygens (including phenoxy) is 1. The predicted octanol–water partition coefficient (Wildman–Crippen LogP) is 4.06. The third-order valence-corrected chi connectivity index (χ3v) is 6.40. The minimum absolute atomic E-state index is 0.0197. The fourth-order valence-corrected chi connectivity index (χ4v) is 4.56. The molecule has 0 amide bonds. The summed E-state index contributed by atoms with van der Waals surface area (Å²) >= 11 is 0. The van der Waals surface area contributed by atoms with E-state index >= 15 is 0 Å². The second-order valence-electron chi connectivity index (χ2n) is 9.34. The molecule has 1 aromatic carbocycles. The highest BCUT2D eigenvalue weighted by molar-refractivity contribution is 5.77. The Morgan fingerprint density at radius 3 is 2.48 bits per heavy atom. The standard InChI is InChI=1S/C27H31F3N6O4/c1-4-8-21(37)40-13-12-35-22-24(34(6-3)26(39)36(11-5-2)25(22)38)32-23(35)19-15-31-33(17-19)16-18-9-7-10-20(14-18)27(28,29)30/h7,9-10,14-15,17H,4-6,8,11-13,16H2,1-3H3. The molecule has 0 unspecified atom stereocenters. The Morgan fingerprint density at radius 1 is 1.02 bits per heavy atom. The molecular formula is C27H31F3N6O4. The monoisotopic (exact) mass is 560 g/mol. The molecule has 10 nitrogen and oxygen atoms in total. The number of esters is 1. The second kappa shape index (κ2) is 11.9. The van der Waals surface area contributed by atoms with Crippen LogP contribution in [0.15, 0.2) is 46.2 Å². The molecular weight excluding hydrogens is 529 g/mol. The maximum Gasteiger partial charge on any atom is 0.416 e. The maximum atomic E-state index is 13.5. The molecule has 3 aromatic heterocycles. The van der Waals surface area contributed by atoms with E-state index in [2.05, 4.69) is 10.1 Å². The van der Waals surface area contributed by atoms with Crippen molar-refractivity contribution in [2.24, 2.45) is 0 Å². The van der Waals surface area contributed by atoms with Gasteiger partial charge in [-0.1, -0.05) is 26.0 Å². The number of hydrogen-bond donors (Lipinski definition) is 0. The van der Waals surface area contributed by atoms with Gasteiger partial charge in [-0.05, 0) is 37.5 Å². The Kier molecular flexibility index (Phi) is 8.60. The van der Waals surface area contributed by atoms with Gasteiger partial charge in [0, 0.05) is 25.7 Å². The summed E-state index contributed by atoms with van der Waals surface area (Å²) in [5, 5.41) is 4.30. The predicted molar refractivity (Wildman–Crippen MR) is 142 cm³/mol. The zero-order valence-electron chi connectivity index (χ0n) is 22.6. The zero-order chi connectivity index (χ0) is 29.0. The van der Waals surface area contributed by atoms with Crippen LogP contribution in [0.1, 0.15) is 51.2 Å². The Labute approximate surface area is 227 Å². The highest BCUT2D eigenvalue weighted by atomic mass is 19.4. The highest BCUT2D eigenvalue weighted by Gasteiger charge is 2.30. The third kappa shape index (κ3) is 5.87. The number of benzene rings is 1. The molecule has 214 valence electrons. The van der Waals surface area contributed by atoms with Crippen molar-refractivity contribution < 1.29 is 22.7 Å². The summed E-state index contributed by atoms with van der Waals surface area (Å²) in [6.45, 7) is 6.16. The number of carbonyl (C=O) groups excluding carboxylic acids is 1. The van der Waals surface area contributed by atoms with Crippen molar-refractivity contribution in [3.8, 4) is 11.4 Å². The molecule has 0 radical (unpaired) electrons. The van der Waals surface area contributed by atoms with Gasteiger partial charge in [-0.2, -0.15) is 18.3 Å². The first-order chi connectivity index (χ1) is 19.1. The first-order valence-corrected chi connectivity index (χ1v) is 13.2. The molecule has 3 heterocycles. The number of imidazole rings is 1. The number of carbonyl (C=O) groups is 1. The van der Waals surface area contributed by atoms with Gasteiger partial charge in [0.05, 0.1) is 30.4 Å². The number of halogens is 3. The maximum absolute atomic E-state index is 13.5. The molecule has 0 atom stereocenters. The van der Waals surface area contributed by atoms with Crippen LogP contribution in [0.2, 0.25) is 0 Å². The van der Waals surface area contributed by atoms with E-state index in [0.29, 0.717) is 29.8 Å². The number of nitrogens with zero attached hydrogens (tertiary/aromatic N) is 6. The molecule has 0 spiro atoms. The zero-order valence-corrected chi connectivity index (χ0v) is 22.6. The lowest BCUT2D eigenvalue weighted by atomic mass is 10.1. The van der Waals surface area contributed by atoms with Crippen molar-refractivity contribution in [3.63, 3.8) is 0 Å². The normalized spacial score (nSPS) is 11.8. The average Bonchev–Trinajstić information content (AvgIpc) is 3.51. The summed E-state index contributed by atoms with van der Waals surface area (Å²) in [6, 6.07) is 4.99. The molecule has 40 heavy (non-hydrogen) atoms. The van der Waals surface area contributed by atoms with Crippen LogP contribution in [0.25, 0.3) is 22.6 Å². The van der Waals surface area contributed by atoms with Gasteiger partial charge in [0.25, 0.3) is 5.56 Å². The van der Waals surface area contributed by atoms with Crippen LogP contribution >= 0.6 is 0 Å². The van der Waals surface area contributed by atoms with E-state index in [9.17, 15) is 27.6 Å². The van der Waals surface area contributed by atoms with Crippen LogP contribution in [0, 0.1) is 0 Å². The van der Waals surface area contributed by atoms with E-state index in [-0.39, 0.29) is 56.3 Å². The van der Waals surface area contributed by atoms with Crippen molar-refractivity contribution in [1.29, 1.82) is 0 Å². The van der Waals surface area contributed by atoms with Crippen LogP contribution in [0.5, 0.6) is 0 Å². The Balaban J connectivity index is 1.79. The van der Waals surface area contributed by atoms with Crippen LogP contribution in [-0.4, -0.2) is 41.0 Å². The molecule has 13 heteroatoms. The molecule has 0 aliphatic rings. The Bertz CT molecular complexity index is 1630. The van der Waals surface area contributed by atoms with E-state index < -0.39 is 23.0 Å². The van der Waals surface area contributed by atoms with Gasteiger partial charge in [0.1, 0.15) is 12.4 Å². The van der Waals surface area contributed by atoms with Gasteiger partial charge in [0.15, 0.2) is 11.2 Å². The minimum atomic E-state index is -4.46. The number of alkyl halides is 3. The topological polar surface area (TPSA) is 106 Å². The molecule has 4 rings (SSSR count). The first-order valence-electron chi connectivity index (χ1n) is 13.2. The van der Waals surface area contributed by atoms with Crippen molar-refractivity contribution in [2.75, 3.05) is 6.61 Å². The van der Waals surface area contributed by atoms with Gasteiger partial charge >= 0.3 is 17.8 Å². The van der Waals surface area contributed by atoms with Crippen molar-refractivity contribution >= 4 is 17.1 Å². The van der Waals surface area contributed by atoms with Crippen LogP contribution in [0.4, 0.5) is 13.2 Å². The number of fused-ring (bicyclic) bond motifs is 1. The number of rotatable bonds is 11. The lowest BCUT2D eigenvalue weighted by Gasteiger charge is -2.11. The molecule has 0 aliphatic carbocycles. The lowest BCUT2D eigenvalue weighted by molar-refractivity contribution is -0.144. The summed E-state index contributed by atoms with van der Waals surface area (Å²) in [4.78, 5) is 43.2. The summed E-state index contributed by atoms with van der Waals surface area (Å²) in [6.07, 6.45) is 0.109. The Morgan fingerprint density at radius 2 is 1.80 bits per heavy atom. The average molecular weight is 561 g/mol. The van der Waals surface area contributed by atoms with E-state index in [1.54, 1.807) is 23.8 Å².